The zero-order valence-electron chi connectivity index (χ0n) is 13.6. The molecule has 3 heterocycles. The van der Waals surface area contributed by atoms with E-state index in [9.17, 15) is 5.11 Å². The van der Waals surface area contributed by atoms with Crippen molar-refractivity contribution in [3.63, 3.8) is 0 Å². The fourth-order valence-corrected chi connectivity index (χ4v) is 2.96. The number of anilines is 1. The minimum atomic E-state index is -0.524. The van der Waals surface area contributed by atoms with Crippen LogP contribution in [0.2, 0.25) is 0 Å². The first kappa shape index (κ1) is 15.9. The van der Waals surface area contributed by atoms with E-state index in [4.69, 9.17) is 0 Å². The summed E-state index contributed by atoms with van der Waals surface area (Å²) in [5.41, 5.74) is 1.99. The average molecular weight is 312 g/mol. The van der Waals surface area contributed by atoms with Gasteiger partial charge in [0.1, 0.15) is 5.82 Å². The van der Waals surface area contributed by atoms with E-state index in [0.717, 1.165) is 50.7 Å². The molecule has 23 heavy (non-hydrogen) atoms. The molecule has 0 aliphatic carbocycles. The van der Waals surface area contributed by atoms with Gasteiger partial charge in [-0.1, -0.05) is 12.1 Å². The molecule has 2 aromatic heterocycles. The third-order valence-electron chi connectivity index (χ3n) is 4.23. The van der Waals surface area contributed by atoms with Gasteiger partial charge < -0.3 is 10.0 Å². The highest BCUT2D eigenvalue weighted by Gasteiger charge is 2.17. The lowest BCUT2D eigenvalue weighted by atomic mass is 10.2. The minimum Gasteiger partial charge on any atom is -0.387 e. The molecule has 1 fully saturated rings. The van der Waals surface area contributed by atoms with Gasteiger partial charge in [0, 0.05) is 45.1 Å². The maximum Gasteiger partial charge on any atom is 0.128 e. The first-order valence-corrected chi connectivity index (χ1v) is 8.23. The molecule has 0 spiro atoms. The molecule has 1 atom stereocenters. The SMILES string of the molecule is CC(O)c1cccc(N2CCCN(Cc3cccnc3)CC2)n1. The van der Waals surface area contributed by atoms with Gasteiger partial charge in [-0.3, -0.25) is 9.88 Å². The number of rotatable bonds is 4. The Bertz CT molecular complexity index is 617. The molecule has 3 rings (SSSR count). The van der Waals surface area contributed by atoms with Crippen LogP contribution in [-0.4, -0.2) is 46.2 Å². The first-order chi connectivity index (χ1) is 11.2. The summed E-state index contributed by atoms with van der Waals surface area (Å²) in [7, 11) is 0. The van der Waals surface area contributed by atoms with Gasteiger partial charge in [-0.25, -0.2) is 4.98 Å². The van der Waals surface area contributed by atoms with Crippen molar-refractivity contribution in [2.45, 2.75) is 26.0 Å². The van der Waals surface area contributed by atoms with Crippen molar-refractivity contribution in [2.75, 3.05) is 31.1 Å². The average Bonchev–Trinajstić information content (AvgIpc) is 2.81. The fraction of sp³-hybridized carbons (Fsp3) is 0.444. The third-order valence-corrected chi connectivity index (χ3v) is 4.23. The summed E-state index contributed by atoms with van der Waals surface area (Å²) >= 11 is 0. The number of nitrogens with zero attached hydrogens (tertiary/aromatic N) is 4. The third kappa shape index (κ3) is 4.27. The van der Waals surface area contributed by atoms with E-state index in [0.29, 0.717) is 0 Å². The number of aliphatic hydroxyl groups is 1. The molecule has 1 unspecified atom stereocenters. The number of pyridine rings is 2. The predicted octanol–water partition coefficient (Wildman–Crippen LogP) is 2.24. The van der Waals surface area contributed by atoms with Crippen LogP contribution in [0.15, 0.2) is 42.7 Å². The number of aliphatic hydroxyl groups excluding tert-OH is 1. The smallest absolute Gasteiger partial charge is 0.128 e. The van der Waals surface area contributed by atoms with Crippen molar-refractivity contribution in [3.05, 3.63) is 54.0 Å². The lowest BCUT2D eigenvalue weighted by Crippen LogP contribution is -2.31. The molecule has 0 amide bonds. The normalized spacial score (nSPS) is 17.7. The summed E-state index contributed by atoms with van der Waals surface area (Å²) < 4.78 is 0. The Hall–Kier alpha value is -1.98. The fourth-order valence-electron chi connectivity index (χ4n) is 2.96. The van der Waals surface area contributed by atoms with Crippen LogP contribution in [-0.2, 0) is 6.54 Å². The Morgan fingerprint density at radius 1 is 1.13 bits per heavy atom. The molecule has 1 aliphatic rings. The summed E-state index contributed by atoms with van der Waals surface area (Å²) in [6.07, 6.45) is 4.34. The van der Waals surface area contributed by atoms with E-state index in [1.54, 1.807) is 6.92 Å². The molecule has 0 radical (unpaired) electrons. The Kier molecular flexibility index (Phi) is 5.20. The van der Waals surface area contributed by atoms with Crippen molar-refractivity contribution in [1.82, 2.24) is 14.9 Å². The van der Waals surface area contributed by atoms with Crippen molar-refractivity contribution < 1.29 is 5.11 Å². The topological polar surface area (TPSA) is 52.5 Å². The number of aromatic nitrogens is 2. The molecule has 0 aromatic carbocycles. The van der Waals surface area contributed by atoms with Crippen LogP contribution in [0.4, 0.5) is 5.82 Å². The molecule has 5 nitrogen and oxygen atoms in total. The monoisotopic (exact) mass is 312 g/mol. The maximum absolute atomic E-state index is 9.71. The Morgan fingerprint density at radius 3 is 2.83 bits per heavy atom. The first-order valence-electron chi connectivity index (χ1n) is 8.23. The highest BCUT2D eigenvalue weighted by atomic mass is 16.3. The summed E-state index contributed by atoms with van der Waals surface area (Å²) in [4.78, 5) is 13.6. The molecule has 122 valence electrons. The van der Waals surface area contributed by atoms with Crippen molar-refractivity contribution >= 4 is 5.82 Å². The van der Waals surface area contributed by atoms with Gasteiger partial charge in [-0.2, -0.15) is 0 Å². The quantitative estimate of drug-likeness (QED) is 0.938. The highest BCUT2D eigenvalue weighted by molar-refractivity contribution is 5.39. The standard InChI is InChI=1S/C18H24N4O/c1-15(23)17-6-2-7-18(20-17)22-10-4-9-21(11-12-22)14-16-5-3-8-19-13-16/h2-3,5-8,13,15,23H,4,9-12,14H2,1H3. The second-order valence-corrected chi connectivity index (χ2v) is 6.07. The van der Waals surface area contributed by atoms with E-state index >= 15 is 0 Å². The molecular formula is C18H24N4O. The second kappa shape index (κ2) is 7.53. The van der Waals surface area contributed by atoms with Gasteiger partial charge in [0.05, 0.1) is 11.8 Å². The second-order valence-electron chi connectivity index (χ2n) is 6.07. The zero-order valence-corrected chi connectivity index (χ0v) is 13.6. The summed E-state index contributed by atoms with van der Waals surface area (Å²) in [6.45, 7) is 6.75. The molecule has 0 saturated carbocycles. The largest absolute Gasteiger partial charge is 0.387 e. The molecule has 2 aromatic rings. The summed E-state index contributed by atoms with van der Waals surface area (Å²) in [6, 6.07) is 10.0. The van der Waals surface area contributed by atoms with Crippen LogP contribution in [0.1, 0.15) is 30.7 Å². The lowest BCUT2D eigenvalue weighted by Gasteiger charge is -2.23. The van der Waals surface area contributed by atoms with Crippen molar-refractivity contribution in [2.24, 2.45) is 0 Å². The van der Waals surface area contributed by atoms with Crippen LogP contribution in [0.3, 0.4) is 0 Å². The summed E-state index contributed by atoms with van der Waals surface area (Å²) in [5, 5.41) is 9.71. The van der Waals surface area contributed by atoms with E-state index in [1.807, 2.05) is 36.7 Å². The predicted molar refractivity (Wildman–Crippen MR) is 91.2 cm³/mol. The van der Waals surface area contributed by atoms with Gasteiger partial charge in [0.2, 0.25) is 0 Å². The van der Waals surface area contributed by atoms with Crippen LogP contribution in [0.25, 0.3) is 0 Å². The molecule has 1 saturated heterocycles. The van der Waals surface area contributed by atoms with Crippen LogP contribution < -0.4 is 4.90 Å². The highest BCUT2D eigenvalue weighted by Crippen LogP contribution is 2.18. The molecule has 5 heteroatoms. The molecule has 1 aliphatic heterocycles. The molecule has 0 bridgehead atoms. The van der Waals surface area contributed by atoms with Crippen LogP contribution in [0, 0.1) is 0 Å². The van der Waals surface area contributed by atoms with E-state index in [2.05, 4.69) is 25.8 Å². The number of hydrogen-bond acceptors (Lipinski definition) is 5. The zero-order chi connectivity index (χ0) is 16.1. The van der Waals surface area contributed by atoms with Crippen LogP contribution >= 0.6 is 0 Å². The van der Waals surface area contributed by atoms with Gasteiger partial charge in [-0.15, -0.1) is 0 Å². The Labute approximate surface area is 137 Å². The van der Waals surface area contributed by atoms with Crippen LogP contribution in [0.5, 0.6) is 0 Å². The Balaban J connectivity index is 1.63. The number of hydrogen-bond donors (Lipinski definition) is 1. The Morgan fingerprint density at radius 2 is 2.04 bits per heavy atom. The lowest BCUT2D eigenvalue weighted by molar-refractivity contribution is 0.194. The van der Waals surface area contributed by atoms with Crippen molar-refractivity contribution in [1.29, 1.82) is 0 Å². The van der Waals surface area contributed by atoms with Crippen molar-refractivity contribution in [3.8, 4) is 0 Å². The maximum atomic E-state index is 9.71. The van der Waals surface area contributed by atoms with E-state index < -0.39 is 6.10 Å². The van der Waals surface area contributed by atoms with E-state index in [1.165, 1.54) is 5.56 Å². The van der Waals surface area contributed by atoms with Gasteiger partial charge in [-0.05, 0) is 37.1 Å². The van der Waals surface area contributed by atoms with E-state index in [-0.39, 0.29) is 0 Å². The summed E-state index contributed by atoms with van der Waals surface area (Å²) in [5.74, 6) is 0.964. The van der Waals surface area contributed by atoms with Gasteiger partial charge in [0.25, 0.3) is 0 Å². The molecule has 1 N–H and O–H groups in total. The molecular weight excluding hydrogens is 288 g/mol. The minimum absolute atomic E-state index is 0.524. The van der Waals surface area contributed by atoms with Gasteiger partial charge >= 0.3 is 0 Å². The van der Waals surface area contributed by atoms with Gasteiger partial charge in [0.15, 0.2) is 0 Å².